The van der Waals surface area contributed by atoms with Gasteiger partial charge in [0.15, 0.2) is 5.60 Å². The summed E-state index contributed by atoms with van der Waals surface area (Å²) in [6.45, 7) is 4.38. The maximum Gasteiger partial charge on any atom is 0.341 e. The number of alkyl halides is 1. The summed E-state index contributed by atoms with van der Waals surface area (Å²) in [5, 5.41) is 21.4. The van der Waals surface area contributed by atoms with Crippen molar-refractivity contribution in [3.05, 3.63) is 102 Å². The molecule has 0 aromatic heterocycles. The molecule has 1 heterocycles. The Morgan fingerprint density at radius 3 is 2.10 bits per heavy atom. The second-order valence-corrected chi connectivity index (χ2v) is 10.6. The monoisotopic (exact) mass is 595 g/mol. The molecule has 4 rings (SSSR count). The SMILES string of the molecule is CCNCCCCOc1ccc(C2(c3ccccc3)OC(=O)CC(O)(CC(=O)O)C(=O)OC2(Cl)c2ccccc2)cc1. The van der Waals surface area contributed by atoms with Crippen LogP contribution in [-0.2, 0) is 34.5 Å². The van der Waals surface area contributed by atoms with E-state index in [9.17, 15) is 24.6 Å². The van der Waals surface area contributed by atoms with Crippen LogP contribution in [0.5, 0.6) is 5.75 Å². The number of unbranched alkanes of at least 4 members (excludes halogenated alkanes) is 1. The maximum absolute atomic E-state index is 13.5. The van der Waals surface area contributed by atoms with Crippen LogP contribution < -0.4 is 10.1 Å². The lowest BCUT2D eigenvalue weighted by Crippen LogP contribution is -2.58. The van der Waals surface area contributed by atoms with Gasteiger partial charge in [0.05, 0.1) is 19.4 Å². The quantitative estimate of drug-likeness (QED) is 0.157. The smallest absolute Gasteiger partial charge is 0.341 e. The van der Waals surface area contributed by atoms with Crippen LogP contribution in [0.15, 0.2) is 84.9 Å². The molecule has 0 aliphatic carbocycles. The fourth-order valence-corrected chi connectivity index (χ4v) is 5.46. The van der Waals surface area contributed by atoms with Gasteiger partial charge in [-0.2, -0.15) is 0 Å². The number of carboxylic acids is 1. The zero-order valence-electron chi connectivity index (χ0n) is 23.3. The highest BCUT2D eigenvalue weighted by atomic mass is 35.5. The lowest BCUT2D eigenvalue weighted by atomic mass is 9.77. The number of carbonyl (C=O) groups excluding carboxylic acids is 2. The summed E-state index contributed by atoms with van der Waals surface area (Å²) in [5.74, 6) is -3.33. The summed E-state index contributed by atoms with van der Waals surface area (Å²) in [6, 6.07) is 23.6. The third-order valence-corrected chi connectivity index (χ3v) is 7.63. The molecular weight excluding hydrogens is 562 g/mol. The molecule has 1 aliphatic heterocycles. The van der Waals surface area contributed by atoms with Crippen molar-refractivity contribution in [2.75, 3.05) is 19.7 Å². The Labute approximate surface area is 249 Å². The first-order chi connectivity index (χ1) is 20.1. The van der Waals surface area contributed by atoms with Crippen molar-refractivity contribution in [3.63, 3.8) is 0 Å². The summed E-state index contributed by atoms with van der Waals surface area (Å²) < 4.78 is 18.0. The number of cyclic esters (lactones) is 2. The molecule has 1 aliphatic rings. The molecular formula is C32H34ClNO8. The van der Waals surface area contributed by atoms with E-state index in [2.05, 4.69) is 12.2 Å². The Balaban J connectivity index is 1.84. The van der Waals surface area contributed by atoms with Crippen LogP contribution in [0.3, 0.4) is 0 Å². The topological polar surface area (TPSA) is 131 Å². The summed E-state index contributed by atoms with van der Waals surface area (Å²) in [5.41, 5.74) is -3.69. The van der Waals surface area contributed by atoms with Gasteiger partial charge in [-0.1, -0.05) is 91.3 Å². The van der Waals surface area contributed by atoms with E-state index in [4.69, 9.17) is 25.8 Å². The molecule has 1 saturated heterocycles. The molecule has 42 heavy (non-hydrogen) atoms. The summed E-state index contributed by atoms with van der Waals surface area (Å²) in [6.07, 6.45) is -0.219. The van der Waals surface area contributed by atoms with Gasteiger partial charge in [0.25, 0.3) is 5.06 Å². The molecule has 0 bridgehead atoms. The van der Waals surface area contributed by atoms with Crippen molar-refractivity contribution in [2.24, 2.45) is 0 Å². The van der Waals surface area contributed by atoms with Gasteiger partial charge in [0, 0.05) is 16.7 Å². The number of aliphatic hydroxyl groups is 1. The number of benzene rings is 3. The highest BCUT2D eigenvalue weighted by molar-refractivity contribution is 6.25. The standard InChI is InChI=1S/C32H34ClNO8/c1-2-34-19-9-10-20-40-26-17-15-24(16-18-26)31(23-11-5-3-6-12-23)32(33,25-13-7-4-8-14-25)42-29(38)30(39,21-27(35)36)22-28(37)41-31/h3-8,11-18,34,39H,2,9-10,19-22H2,1H3,(H,35,36). The molecule has 3 N–H and O–H groups in total. The molecule has 0 spiro atoms. The minimum Gasteiger partial charge on any atom is -0.494 e. The Hall–Kier alpha value is -3.92. The van der Waals surface area contributed by atoms with Crippen molar-refractivity contribution in [2.45, 2.75) is 48.9 Å². The Morgan fingerprint density at radius 2 is 1.50 bits per heavy atom. The van der Waals surface area contributed by atoms with Crippen LogP contribution in [0, 0.1) is 0 Å². The van der Waals surface area contributed by atoms with E-state index in [1.807, 2.05) is 0 Å². The van der Waals surface area contributed by atoms with Gasteiger partial charge in [-0.15, -0.1) is 0 Å². The Kier molecular flexibility index (Phi) is 9.88. The first-order valence-electron chi connectivity index (χ1n) is 13.8. The molecule has 222 valence electrons. The van der Waals surface area contributed by atoms with E-state index in [0.29, 0.717) is 23.5 Å². The number of esters is 2. The fourth-order valence-electron chi connectivity index (χ4n) is 5.01. The van der Waals surface area contributed by atoms with Gasteiger partial charge >= 0.3 is 17.9 Å². The molecule has 9 nitrogen and oxygen atoms in total. The van der Waals surface area contributed by atoms with Gasteiger partial charge in [-0.25, -0.2) is 4.79 Å². The largest absolute Gasteiger partial charge is 0.494 e. The van der Waals surface area contributed by atoms with E-state index in [1.54, 1.807) is 84.9 Å². The average molecular weight is 596 g/mol. The number of hydrogen-bond acceptors (Lipinski definition) is 8. The number of halogens is 1. The Bertz CT molecular complexity index is 1370. The van der Waals surface area contributed by atoms with Crippen molar-refractivity contribution in [1.82, 2.24) is 5.32 Å². The minimum absolute atomic E-state index is 0.234. The van der Waals surface area contributed by atoms with Crippen LogP contribution in [-0.4, -0.2) is 53.4 Å². The van der Waals surface area contributed by atoms with Crippen LogP contribution >= 0.6 is 11.6 Å². The Morgan fingerprint density at radius 1 is 0.905 bits per heavy atom. The van der Waals surface area contributed by atoms with Crippen molar-refractivity contribution in [1.29, 1.82) is 0 Å². The van der Waals surface area contributed by atoms with Crippen LogP contribution in [0.25, 0.3) is 0 Å². The highest BCUT2D eigenvalue weighted by Crippen LogP contribution is 2.55. The lowest BCUT2D eigenvalue weighted by molar-refractivity contribution is -0.219. The number of carbonyl (C=O) groups is 3. The molecule has 0 radical (unpaired) electrons. The van der Waals surface area contributed by atoms with E-state index < -0.39 is 47.0 Å². The number of aliphatic carboxylic acids is 1. The normalized spacial score (nSPS) is 24.2. The lowest BCUT2D eigenvalue weighted by Gasteiger charge is -2.48. The third-order valence-electron chi connectivity index (χ3n) is 7.07. The average Bonchev–Trinajstić information content (AvgIpc) is 2.98. The van der Waals surface area contributed by atoms with Gasteiger partial charge < -0.3 is 29.7 Å². The van der Waals surface area contributed by atoms with Crippen molar-refractivity contribution in [3.8, 4) is 5.75 Å². The van der Waals surface area contributed by atoms with Crippen molar-refractivity contribution >= 4 is 29.5 Å². The molecule has 3 aromatic carbocycles. The summed E-state index contributed by atoms with van der Waals surface area (Å²) in [4.78, 5) is 38.6. The number of hydrogen-bond donors (Lipinski definition) is 3. The molecule has 10 heteroatoms. The zero-order chi connectivity index (χ0) is 30.2. The molecule has 1 fully saturated rings. The van der Waals surface area contributed by atoms with Crippen LogP contribution in [0.2, 0.25) is 0 Å². The molecule has 0 amide bonds. The molecule has 3 aromatic rings. The second kappa shape index (κ2) is 13.4. The summed E-state index contributed by atoms with van der Waals surface area (Å²) >= 11 is 7.36. The van der Waals surface area contributed by atoms with E-state index >= 15 is 0 Å². The van der Waals surface area contributed by atoms with Gasteiger partial charge in [-0.3, -0.25) is 9.59 Å². The maximum atomic E-state index is 13.5. The molecule has 3 atom stereocenters. The predicted octanol–water partition coefficient (Wildman–Crippen LogP) is 4.49. The number of nitrogens with one attached hydrogen (secondary N) is 1. The zero-order valence-corrected chi connectivity index (χ0v) is 24.0. The van der Waals surface area contributed by atoms with Gasteiger partial charge in [0.1, 0.15) is 5.75 Å². The van der Waals surface area contributed by atoms with Gasteiger partial charge in [-0.05, 0) is 38.1 Å². The highest BCUT2D eigenvalue weighted by Gasteiger charge is 2.64. The van der Waals surface area contributed by atoms with Gasteiger partial charge in [0.2, 0.25) is 5.60 Å². The van der Waals surface area contributed by atoms with Crippen LogP contribution in [0.1, 0.15) is 49.3 Å². The van der Waals surface area contributed by atoms with E-state index in [1.165, 1.54) is 0 Å². The molecule has 0 saturated carbocycles. The summed E-state index contributed by atoms with van der Waals surface area (Å²) in [7, 11) is 0. The fraction of sp³-hybridized carbons (Fsp3) is 0.344. The van der Waals surface area contributed by atoms with Crippen LogP contribution in [0.4, 0.5) is 0 Å². The number of carboxylic acid groups (broad SMARTS) is 1. The molecule has 3 unspecified atom stereocenters. The minimum atomic E-state index is -2.70. The number of rotatable bonds is 12. The predicted molar refractivity (Wildman–Crippen MR) is 155 cm³/mol. The first-order valence-corrected chi connectivity index (χ1v) is 14.2. The van der Waals surface area contributed by atoms with E-state index in [0.717, 1.165) is 25.9 Å². The first kappa shape index (κ1) is 31.0. The number of ether oxygens (including phenoxy) is 3. The van der Waals surface area contributed by atoms with E-state index in [-0.39, 0.29) is 5.56 Å². The van der Waals surface area contributed by atoms with Crippen molar-refractivity contribution < 1.29 is 38.8 Å². The third kappa shape index (κ3) is 6.43. The second-order valence-electron chi connectivity index (χ2n) is 10.1.